The van der Waals surface area contributed by atoms with Crippen molar-refractivity contribution in [3.8, 4) is 0 Å². The monoisotopic (exact) mass is 522 g/mol. The van der Waals surface area contributed by atoms with Gasteiger partial charge in [0.25, 0.3) is 5.91 Å². The summed E-state index contributed by atoms with van der Waals surface area (Å²) in [5.41, 5.74) is 1.29. The average Bonchev–Trinajstić information content (AvgIpc) is 2.85. The van der Waals surface area contributed by atoms with Crippen LogP contribution in [0.15, 0.2) is 52.3 Å². The van der Waals surface area contributed by atoms with E-state index in [0.717, 1.165) is 42.3 Å². The number of hydrogen-bond donors (Lipinski definition) is 1. The van der Waals surface area contributed by atoms with Crippen molar-refractivity contribution < 1.29 is 21.6 Å². The van der Waals surface area contributed by atoms with Gasteiger partial charge in [0.2, 0.25) is 20.0 Å². The van der Waals surface area contributed by atoms with E-state index >= 15 is 0 Å². The summed E-state index contributed by atoms with van der Waals surface area (Å²) in [7, 11) is -4.59. The van der Waals surface area contributed by atoms with Gasteiger partial charge < -0.3 is 10.2 Å². The second-order valence-corrected chi connectivity index (χ2v) is 12.7. The lowest BCUT2D eigenvalue weighted by atomic mass is 10.1. The average molecular weight is 523 g/mol. The fourth-order valence-corrected chi connectivity index (χ4v) is 6.53. The lowest BCUT2D eigenvalue weighted by Crippen LogP contribution is -2.32. The van der Waals surface area contributed by atoms with E-state index in [1.54, 1.807) is 26.0 Å². The standard InChI is InChI=1S/C24H34N4O5S2/c1-5-28(6-2)35(32,33)21-13-14-23(27-15-8-7-9-16-27)22(18-21)25-24(29)19-11-10-12-20(17-19)34(30,31)26(3)4/h10-14,17-18H,5-9,15-16H2,1-4H3,(H,25,29). The molecule has 1 amide bonds. The second-order valence-electron chi connectivity index (χ2n) is 8.59. The highest BCUT2D eigenvalue weighted by Gasteiger charge is 2.25. The third kappa shape index (κ3) is 5.85. The Hall–Kier alpha value is -2.47. The molecule has 11 heteroatoms. The number of nitrogens with one attached hydrogen (secondary N) is 1. The minimum atomic E-state index is -3.73. The lowest BCUT2D eigenvalue weighted by Gasteiger charge is -2.31. The Morgan fingerprint density at radius 1 is 0.886 bits per heavy atom. The molecular formula is C24H34N4O5S2. The summed E-state index contributed by atoms with van der Waals surface area (Å²) in [6, 6.07) is 10.6. The van der Waals surface area contributed by atoms with E-state index in [1.807, 2.05) is 0 Å². The van der Waals surface area contributed by atoms with E-state index in [-0.39, 0.29) is 15.4 Å². The molecule has 1 heterocycles. The number of amides is 1. The van der Waals surface area contributed by atoms with Gasteiger partial charge in [-0.1, -0.05) is 19.9 Å². The highest BCUT2D eigenvalue weighted by Crippen LogP contribution is 2.32. The number of carbonyl (C=O) groups is 1. The quantitative estimate of drug-likeness (QED) is 0.542. The zero-order valence-corrected chi connectivity index (χ0v) is 22.3. The first-order valence-corrected chi connectivity index (χ1v) is 14.6. The van der Waals surface area contributed by atoms with Gasteiger partial charge in [0.05, 0.1) is 21.2 Å². The predicted octanol–water partition coefficient (Wildman–Crippen LogP) is 3.21. The smallest absolute Gasteiger partial charge is 0.255 e. The summed E-state index contributed by atoms with van der Waals surface area (Å²) < 4.78 is 53.8. The Bertz CT molecular complexity index is 1270. The van der Waals surface area contributed by atoms with E-state index in [2.05, 4.69) is 10.2 Å². The van der Waals surface area contributed by atoms with Gasteiger partial charge in [-0.3, -0.25) is 4.79 Å². The van der Waals surface area contributed by atoms with Crippen LogP contribution in [0.1, 0.15) is 43.5 Å². The molecule has 0 unspecified atom stereocenters. The van der Waals surface area contributed by atoms with Gasteiger partial charge in [0.1, 0.15) is 0 Å². The molecule has 1 aliphatic heterocycles. The molecule has 3 rings (SSSR count). The van der Waals surface area contributed by atoms with Crippen LogP contribution < -0.4 is 10.2 Å². The molecule has 1 N–H and O–H groups in total. The van der Waals surface area contributed by atoms with Crippen LogP contribution in [-0.4, -0.2) is 71.6 Å². The topological polar surface area (TPSA) is 107 Å². The minimum Gasteiger partial charge on any atom is -0.370 e. The molecule has 0 spiro atoms. The van der Waals surface area contributed by atoms with E-state index in [4.69, 9.17) is 0 Å². The van der Waals surface area contributed by atoms with Crippen LogP contribution in [0, 0.1) is 0 Å². The third-order valence-electron chi connectivity index (χ3n) is 6.13. The van der Waals surface area contributed by atoms with Crippen LogP contribution in [0.2, 0.25) is 0 Å². The number of sulfonamides is 2. The molecule has 1 saturated heterocycles. The van der Waals surface area contributed by atoms with Crippen LogP contribution in [0.3, 0.4) is 0 Å². The van der Waals surface area contributed by atoms with Crippen molar-refractivity contribution >= 4 is 37.3 Å². The van der Waals surface area contributed by atoms with E-state index in [0.29, 0.717) is 18.8 Å². The normalized spacial score (nSPS) is 15.0. The van der Waals surface area contributed by atoms with Gasteiger partial charge in [0.15, 0.2) is 0 Å². The van der Waals surface area contributed by atoms with Crippen molar-refractivity contribution in [2.45, 2.75) is 42.9 Å². The molecule has 0 atom stereocenters. The third-order valence-corrected chi connectivity index (χ3v) is 9.99. The van der Waals surface area contributed by atoms with E-state index in [1.165, 1.54) is 48.7 Å². The van der Waals surface area contributed by atoms with Crippen LogP contribution in [0.25, 0.3) is 0 Å². The first-order chi connectivity index (χ1) is 16.5. The molecule has 0 saturated carbocycles. The molecule has 35 heavy (non-hydrogen) atoms. The summed E-state index contributed by atoms with van der Waals surface area (Å²) in [5.74, 6) is -0.517. The van der Waals surface area contributed by atoms with Crippen LogP contribution in [-0.2, 0) is 20.0 Å². The molecule has 2 aromatic carbocycles. The maximum atomic E-state index is 13.2. The minimum absolute atomic E-state index is 0.00395. The molecular weight excluding hydrogens is 488 g/mol. The number of anilines is 2. The van der Waals surface area contributed by atoms with Gasteiger partial charge in [-0.15, -0.1) is 0 Å². The SMILES string of the molecule is CCN(CC)S(=O)(=O)c1ccc(N2CCCCC2)c(NC(=O)c2cccc(S(=O)(=O)N(C)C)c2)c1. The molecule has 0 aromatic heterocycles. The number of carbonyl (C=O) groups excluding carboxylic acids is 1. The van der Waals surface area contributed by atoms with Gasteiger partial charge >= 0.3 is 0 Å². The number of piperidine rings is 1. The highest BCUT2D eigenvalue weighted by atomic mass is 32.2. The highest BCUT2D eigenvalue weighted by molar-refractivity contribution is 7.89. The number of benzene rings is 2. The van der Waals surface area contributed by atoms with Gasteiger partial charge in [-0.2, -0.15) is 4.31 Å². The zero-order chi connectivity index (χ0) is 25.8. The molecule has 0 radical (unpaired) electrons. The predicted molar refractivity (Wildman–Crippen MR) is 138 cm³/mol. The first-order valence-electron chi connectivity index (χ1n) is 11.8. The van der Waals surface area contributed by atoms with Crippen molar-refractivity contribution in [3.63, 3.8) is 0 Å². The summed E-state index contributed by atoms with van der Waals surface area (Å²) >= 11 is 0. The first kappa shape index (κ1) is 27.1. The van der Waals surface area contributed by atoms with Crippen LogP contribution in [0.5, 0.6) is 0 Å². The van der Waals surface area contributed by atoms with Crippen LogP contribution in [0.4, 0.5) is 11.4 Å². The second kappa shape index (κ2) is 11.1. The van der Waals surface area contributed by atoms with E-state index in [9.17, 15) is 21.6 Å². The van der Waals surface area contributed by atoms with Crippen molar-refractivity contribution in [3.05, 3.63) is 48.0 Å². The number of hydrogen-bond acceptors (Lipinski definition) is 6. The summed E-state index contributed by atoms with van der Waals surface area (Å²) in [6.07, 6.45) is 3.15. The molecule has 9 nitrogen and oxygen atoms in total. The molecule has 1 fully saturated rings. The summed E-state index contributed by atoms with van der Waals surface area (Å²) in [5, 5.41) is 2.85. The number of rotatable bonds is 9. The summed E-state index contributed by atoms with van der Waals surface area (Å²) in [6.45, 7) is 5.84. The Morgan fingerprint density at radius 2 is 1.51 bits per heavy atom. The van der Waals surface area contributed by atoms with Crippen molar-refractivity contribution in [1.29, 1.82) is 0 Å². The largest absolute Gasteiger partial charge is 0.370 e. The molecule has 1 aliphatic rings. The molecule has 2 aromatic rings. The maximum Gasteiger partial charge on any atom is 0.255 e. The zero-order valence-electron chi connectivity index (χ0n) is 20.7. The van der Waals surface area contributed by atoms with Crippen molar-refractivity contribution in [2.75, 3.05) is 50.5 Å². The van der Waals surface area contributed by atoms with Crippen molar-refractivity contribution in [1.82, 2.24) is 8.61 Å². The Morgan fingerprint density at radius 3 is 2.11 bits per heavy atom. The molecule has 0 bridgehead atoms. The summed E-state index contributed by atoms with van der Waals surface area (Å²) in [4.78, 5) is 15.4. The fraction of sp³-hybridized carbons (Fsp3) is 0.458. The van der Waals surface area contributed by atoms with E-state index < -0.39 is 26.0 Å². The lowest BCUT2D eigenvalue weighted by molar-refractivity contribution is 0.102. The van der Waals surface area contributed by atoms with Crippen LogP contribution >= 0.6 is 0 Å². The van der Waals surface area contributed by atoms with Crippen molar-refractivity contribution in [2.24, 2.45) is 0 Å². The Kier molecular flexibility index (Phi) is 8.58. The number of nitrogens with zero attached hydrogens (tertiary/aromatic N) is 3. The Balaban J connectivity index is 2.02. The van der Waals surface area contributed by atoms with Gasteiger partial charge in [-0.25, -0.2) is 21.1 Å². The maximum absolute atomic E-state index is 13.2. The van der Waals surface area contributed by atoms with Gasteiger partial charge in [-0.05, 0) is 55.7 Å². The Labute approximate surface area is 208 Å². The molecule has 192 valence electrons. The fourth-order valence-electron chi connectivity index (χ4n) is 4.10. The van der Waals surface area contributed by atoms with Gasteiger partial charge in [0, 0.05) is 45.8 Å². The molecule has 0 aliphatic carbocycles.